The van der Waals surface area contributed by atoms with Crippen molar-refractivity contribution >= 4 is 12.0 Å². The van der Waals surface area contributed by atoms with E-state index in [1.165, 1.54) is 0 Å². The molecule has 0 atom stereocenters. The molecule has 0 saturated heterocycles. The van der Waals surface area contributed by atoms with Crippen molar-refractivity contribution in [3.63, 3.8) is 0 Å². The van der Waals surface area contributed by atoms with E-state index in [1.807, 2.05) is 26.8 Å². The lowest BCUT2D eigenvalue weighted by Crippen LogP contribution is -2.37. The summed E-state index contributed by atoms with van der Waals surface area (Å²) >= 11 is 0. The summed E-state index contributed by atoms with van der Waals surface area (Å²) in [5, 5.41) is 5.40. The number of amides is 2. The number of carbonyl (C=O) groups is 2. The summed E-state index contributed by atoms with van der Waals surface area (Å²) in [4.78, 5) is 23.3. The average Bonchev–Trinajstić information content (AvgIpc) is 2.77. The lowest BCUT2D eigenvalue weighted by atomic mass is 10.2. The van der Waals surface area contributed by atoms with Crippen LogP contribution in [0.2, 0.25) is 0 Å². The highest BCUT2D eigenvalue weighted by molar-refractivity contribution is 5.76. The first-order valence-electron chi connectivity index (χ1n) is 12.5. The van der Waals surface area contributed by atoms with Gasteiger partial charge in [0.15, 0.2) is 0 Å². The Kier molecular flexibility index (Phi) is 20.2. The van der Waals surface area contributed by atoms with Crippen LogP contribution in [0.4, 0.5) is 4.79 Å². The Morgan fingerprint density at radius 2 is 1.06 bits per heavy atom. The molecule has 5 nitrogen and oxygen atoms in total. The molecule has 2 amide bonds. The van der Waals surface area contributed by atoms with Gasteiger partial charge in [-0.15, -0.1) is 0 Å². The second kappa shape index (κ2) is 22.0. The molecule has 0 aromatic rings. The standard InChI is InChI=1S/C29H46N2O3/c1-5-6-7-8-9-10-11-12-13-14-15-16-17-18-19-20-21-22-23-24-27(32)30-25-26-31-28(33)34-29(2,3)4/h6-7,9-10,12-13,15-16,18-19,21-22H,5,8,11,14,17,20,23-26H2,1-4H3,(H,30,32)(H,31,33). The van der Waals surface area contributed by atoms with Crippen molar-refractivity contribution in [3.8, 4) is 0 Å². The van der Waals surface area contributed by atoms with Gasteiger partial charge >= 0.3 is 6.09 Å². The SMILES string of the molecule is CCC=CCC=CCC=CCC=CCC=CCC=CCCC(=O)NCCNC(=O)OC(C)(C)C. The normalized spacial score (nSPS) is 12.8. The first-order chi connectivity index (χ1) is 16.3. The van der Waals surface area contributed by atoms with Crippen molar-refractivity contribution in [1.82, 2.24) is 10.6 Å². The molecular formula is C29H46N2O3. The molecule has 0 aliphatic carbocycles. The zero-order chi connectivity index (χ0) is 25.3. The fourth-order valence-corrected chi connectivity index (χ4v) is 2.62. The Morgan fingerprint density at radius 3 is 1.50 bits per heavy atom. The third-order valence-corrected chi connectivity index (χ3v) is 4.25. The number of hydrogen-bond acceptors (Lipinski definition) is 3. The van der Waals surface area contributed by atoms with E-state index in [0.717, 1.165) is 38.5 Å². The number of alkyl carbamates (subject to hydrolysis) is 1. The Balaban J connectivity index is 3.63. The topological polar surface area (TPSA) is 67.4 Å². The van der Waals surface area contributed by atoms with Crippen LogP contribution in [-0.2, 0) is 9.53 Å². The number of allylic oxidation sites excluding steroid dienone is 12. The number of ether oxygens (including phenoxy) is 1. The Morgan fingerprint density at radius 1 is 0.647 bits per heavy atom. The van der Waals surface area contributed by atoms with Crippen LogP contribution in [0.5, 0.6) is 0 Å². The smallest absolute Gasteiger partial charge is 0.407 e. The van der Waals surface area contributed by atoms with Crippen molar-refractivity contribution in [2.45, 2.75) is 84.7 Å². The average molecular weight is 471 g/mol. The molecule has 0 bridgehead atoms. The lowest BCUT2D eigenvalue weighted by Gasteiger charge is -2.19. The summed E-state index contributed by atoms with van der Waals surface area (Å²) in [6.07, 6.45) is 32.5. The molecule has 0 radical (unpaired) electrons. The van der Waals surface area contributed by atoms with E-state index in [-0.39, 0.29) is 5.91 Å². The Labute approximate surface area is 207 Å². The molecule has 0 aliphatic rings. The molecule has 0 fully saturated rings. The predicted molar refractivity (Wildman–Crippen MR) is 145 cm³/mol. The van der Waals surface area contributed by atoms with Crippen LogP contribution in [0.25, 0.3) is 0 Å². The van der Waals surface area contributed by atoms with Crippen LogP contribution in [0.1, 0.15) is 79.1 Å². The minimum absolute atomic E-state index is 0.0227. The minimum Gasteiger partial charge on any atom is -0.444 e. The van der Waals surface area contributed by atoms with Crippen LogP contribution in [0.3, 0.4) is 0 Å². The molecule has 5 heteroatoms. The molecule has 34 heavy (non-hydrogen) atoms. The number of carbonyl (C=O) groups excluding carboxylic acids is 2. The number of rotatable bonds is 17. The van der Waals surface area contributed by atoms with Crippen molar-refractivity contribution in [2.75, 3.05) is 13.1 Å². The van der Waals surface area contributed by atoms with Crippen molar-refractivity contribution in [2.24, 2.45) is 0 Å². The van der Waals surface area contributed by atoms with E-state index in [0.29, 0.717) is 25.9 Å². The number of nitrogens with one attached hydrogen (secondary N) is 2. The molecule has 0 aromatic heterocycles. The van der Waals surface area contributed by atoms with Gasteiger partial charge in [0.05, 0.1) is 0 Å². The van der Waals surface area contributed by atoms with E-state index in [1.54, 1.807) is 0 Å². The molecule has 0 unspecified atom stereocenters. The van der Waals surface area contributed by atoms with Gasteiger partial charge in [-0.05, 0) is 65.7 Å². The summed E-state index contributed by atoms with van der Waals surface area (Å²) in [5.41, 5.74) is -0.522. The summed E-state index contributed by atoms with van der Waals surface area (Å²) in [7, 11) is 0. The first kappa shape index (κ1) is 31.2. The largest absolute Gasteiger partial charge is 0.444 e. The van der Waals surface area contributed by atoms with Gasteiger partial charge < -0.3 is 15.4 Å². The monoisotopic (exact) mass is 470 g/mol. The van der Waals surface area contributed by atoms with Gasteiger partial charge in [-0.2, -0.15) is 0 Å². The lowest BCUT2D eigenvalue weighted by molar-refractivity contribution is -0.120. The molecule has 0 aliphatic heterocycles. The first-order valence-corrected chi connectivity index (χ1v) is 12.5. The van der Waals surface area contributed by atoms with Gasteiger partial charge in [-0.1, -0.05) is 79.8 Å². The van der Waals surface area contributed by atoms with Crippen molar-refractivity contribution in [1.29, 1.82) is 0 Å². The van der Waals surface area contributed by atoms with Crippen molar-refractivity contribution in [3.05, 3.63) is 72.9 Å². The van der Waals surface area contributed by atoms with E-state index in [4.69, 9.17) is 4.74 Å². The second-order valence-corrected chi connectivity index (χ2v) is 8.73. The molecule has 190 valence electrons. The molecule has 0 saturated carbocycles. The van der Waals surface area contributed by atoms with Gasteiger partial charge in [0.1, 0.15) is 5.60 Å². The maximum absolute atomic E-state index is 11.8. The van der Waals surface area contributed by atoms with Crippen LogP contribution in [-0.4, -0.2) is 30.7 Å². The van der Waals surface area contributed by atoms with Crippen molar-refractivity contribution < 1.29 is 14.3 Å². The predicted octanol–water partition coefficient (Wildman–Crippen LogP) is 7.11. The van der Waals surface area contributed by atoms with Crippen LogP contribution in [0, 0.1) is 0 Å². The fourth-order valence-electron chi connectivity index (χ4n) is 2.62. The van der Waals surface area contributed by atoms with Gasteiger partial charge in [0, 0.05) is 19.5 Å². The fraction of sp³-hybridized carbons (Fsp3) is 0.517. The summed E-state index contributed by atoms with van der Waals surface area (Å²) < 4.78 is 5.13. The highest BCUT2D eigenvalue weighted by Crippen LogP contribution is 2.06. The zero-order valence-corrected chi connectivity index (χ0v) is 21.7. The minimum atomic E-state index is -0.522. The van der Waals surface area contributed by atoms with Gasteiger partial charge in [0.2, 0.25) is 5.91 Å². The maximum atomic E-state index is 11.8. The molecule has 0 heterocycles. The number of hydrogen-bond donors (Lipinski definition) is 2. The van der Waals surface area contributed by atoms with Crippen LogP contribution in [0.15, 0.2) is 72.9 Å². The van der Waals surface area contributed by atoms with Crippen LogP contribution >= 0.6 is 0 Å². The molecule has 2 N–H and O–H groups in total. The Bertz CT molecular complexity index is 707. The second-order valence-electron chi connectivity index (χ2n) is 8.73. The van der Waals surface area contributed by atoms with E-state index in [2.05, 4.69) is 84.4 Å². The third kappa shape index (κ3) is 25.4. The van der Waals surface area contributed by atoms with E-state index in [9.17, 15) is 9.59 Å². The molecular weight excluding hydrogens is 424 g/mol. The summed E-state index contributed by atoms with van der Waals surface area (Å²) in [6, 6.07) is 0. The van der Waals surface area contributed by atoms with Crippen LogP contribution < -0.4 is 10.6 Å². The van der Waals surface area contributed by atoms with Gasteiger partial charge in [-0.25, -0.2) is 4.79 Å². The maximum Gasteiger partial charge on any atom is 0.407 e. The highest BCUT2D eigenvalue weighted by atomic mass is 16.6. The van der Waals surface area contributed by atoms with Gasteiger partial charge in [-0.3, -0.25) is 4.79 Å². The summed E-state index contributed by atoms with van der Waals surface area (Å²) in [5.74, 6) is -0.0227. The van der Waals surface area contributed by atoms with E-state index >= 15 is 0 Å². The zero-order valence-electron chi connectivity index (χ0n) is 21.7. The quantitative estimate of drug-likeness (QED) is 0.176. The molecule has 0 spiro atoms. The van der Waals surface area contributed by atoms with E-state index < -0.39 is 11.7 Å². The third-order valence-electron chi connectivity index (χ3n) is 4.25. The molecule has 0 rings (SSSR count). The Hall–Kier alpha value is -2.82. The van der Waals surface area contributed by atoms with Gasteiger partial charge in [0.25, 0.3) is 0 Å². The molecule has 0 aromatic carbocycles. The summed E-state index contributed by atoms with van der Waals surface area (Å²) in [6.45, 7) is 8.31. The highest BCUT2D eigenvalue weighted by Gasteiger charge is 2.15.